The molecular formula is C23H29N3O4. The molecule has 30 heavy (non-hydrogen) atoms. The number of nitrogens with zero attached hydrogens (tertiary/aromatic N) is 2. The van der Waals surface area contributed by atoms with Crippen molar-refractivity contribution < 1.29 is 14.3 Å². The second-order valence-corrected chi connectivity index (χ2v) is 7.32. The Morgan fingerprint density at radius 2 is 1.93 bits per heavy atom. The van der Waals surface area contributed by atoms with Gasteiger partial charge < -0.3 is 19.5 Å². The summed E-state index contributed by atoms with van der Waals surface area (Å²) in [5, 5.41) is 2.95. The molecule has 0 radical (unpaired) electrons. The number of hydrogen-bond donors (Lipinski definition) is 1. The molecular weight excluding hydrogens is 382 g/mol. The summed E-state index contributed by atoms with van der Waals surface area (Å²) >= 11 is 0. The second kappa shape index (κ2) is 10.6. The molecule has 1 N–H and O–H groups in total. The highest BCUT2D eigenvalue weighted by atomic mass is 16.5. The van der Waals surface area contributed by atoms with Gasteiger partial charge in [-0.2, -0.15) is 0 Å². The molecule has 7 heteroatoms. The summed E-state index contributed by atoms with van der Waals surface area (Å²) in [5.41, 5.74) is 0.473. The molecule has 0 aliphatic carbocycles. The maximum Gasteiger partial charge on any atom is 0.258 e. The Labute approximate surface area is 176 Å². The first-order valence-corrected chi connectivity index (χ1v) is 10.6. The van der Waals surface area contributed by atoms with E-state index in [2.05, 4.69) is 5.32 Å². The van der Waals surface area contributed by atoms with Gasteiger partial charge in [0.15, 0.2) is 0 Å². The number of amides is 2. The Kier molecular flexibility index (Phi) is 7.65. The van der Waals surface area contributed by atoms with E-state index in [4.69, 9.17) is 4.74 Å². The van der Waals surface area contributed by atoms with Crippen molar-refractivity contribution in [3.63, 3.8) is 0 Å². The maximum atomic E-state index is 13.1. The van der Waals surface area contributed by atoms with Gasteiger partial charge in [0.1, 0.15) is 11.8 Å². The fourth-order valence-electron chi connectivity index (χ4n) is 3.74. The van der Waals surface area contributed by atoms with E-state index in [1.807, 2.05) is 19.1 Å². The molecule has 0 saturated carbocycles. The minimum Gasteiger partial charge on any atom is -0.493 e. The van der Waals surface area contributed by atoms with E-state index < -0.39 is 6.04 Å². The summed E-state index contributed by atoms with van der Waals surface area (Å²) in [5.74, 6) is 0.263. The topological polar surface area (TPSA) is 80.6 Å². The van der Waals surface area contributed by atoms with E-state index in [1.165, 1.54) is 6.07 Å². The number of unbranched alkanes of at least 4 members (excludes halogenated alkanes) is 1. The molecule has 0 spiro atoms. The number of benzene rings is 1. The largest absolute Gasteiger partial charge is 0.493 e. The first-order chi connectivity index (χ1) is 14.6. The fourth-order valence-corrected chi connectivity index (χ4v) is 3.74. The van der Waals surface area contributed by atoms with Crippen LogP contribution in [0.25, 0.3) is 0 Å². The lowest BCUT2D eigenvalue weighted by Crippen LogP contribution is -2.46. The highest BCUT2D eigenvalue weighted by Gasteiger charge is 2.35. The number of ether oxygens (including phenoxy) is 1. The normalized spacial score (nSPS) is 15.8. The van der Waals surface area contributed by atoms with Crippen LogP contribution in [-0.2, 0) is 11.3 Å². The summed E-state index contributed by atoms with van der Waals surface area (Å²) in [6.45, 7) is 4.06. The quantitative estimate of drug-likeness (QED) is 0.643. The summed E-state index contributed by atoms with van der Waals surface area (Å²) in [4.78, 5) is 39.1. The Balaban J connectivity index is 1.51. The summed E-state index contributed by atoms with van der Waals surface area (Å²) < 4.78 is 7.24. The highest BCUT2D eigenvalue weighted by Crippen LogP contribution is 2.25. The number of rotatable bonds is 9. The van der Waals surface area contributed by atoms with Crippen LogP contribution in [-0.4, -0.2) is 47.0 Å². The second-order valence-electron chi connectivity index (χ2n) is 7.32. The third kappa shape index (κ3) is 5.28. The first-order valence-electron chi connectivity index (χ1n) is 10.6. The zero-order chi connectivity index (χ0) is 21.3. The van der Waals surface area contributed by atoms with Crippen LogP contribution in [0.3, 0.4) is 0 Å². The van der Waals surface area contributed by atoms with E-state index in [1.54, 1.807) is 39.9 Å². The van der Waals surface area contributed by atoms with Crippen molar-refractivity contribution in [3.8, 4) is 5.75 Å². The first kappa shape index (κ1) is 21.6. The number of likely N-dealkylation sites (tertiary alicyclic amines) is 1. The number of carbonyl (C=O) groups excluding carboxylic acids is 2. The Morgan fingerprint density at radius 3 is 2.73 bits per heavy atom. The third-order valence-corrected chi connectivity index (χ3v) is 5.26. The highest BCUT2D eigenvalue weighted by molar-refractivity contribution is 6.00. The third-order valence-electron chi connectivity index (χ3n) is 5.26. The summed E-state index contributed by atoms with van der Waals surface area (Å²) in [7, 11) is 0. The molecule has 1 aliphatic rings. The van der Waals surface area contributed by atoms with Crippen molar-refractivity contribution in [2.24, 2.45) is 0 Å². The minimum atomic E-state index is -0.455. The molecule has 1 aromatic carbocycles. The zero-order valence-electron chi connectivity index (χ0n) is 17.4. The van der Waals surface area contributed by atoms with Crippen molar-refractivity contribution in [1.82, 2.24) is 14.8 Å². The average molecular weight is 412 g/mol. The van der Waals surface area contributed by atoms with Crippen LogP contribution in [0.2, 0.25) is 0 Å². The van der Waals surface area contributed by atoms with Crippen molar-refractivity contribution in [2.75, 3.05) is 19.7 Å². The molecule has 1 fully saturated rings. The molecule has 1 unspecified atom stereocenters. The molecule has 2 aromatic rings. The predicted molar refractivity (Wildman–Crippen MR) is 115 cm³/mol. The molecule has 1 aliphatic heterocycles. The van der Waals surface area contributed by atoms with Crippen molar-refractivity contribution in [3.05, 3.63) is 64.6 Å². The van der Waals surface area contributed by atoms with Gasteiger partial charge in [0.2, 0.25) is 11.5 Å². The van der Waals surface area contributed by atoms with E-state index in [0.717, 1.165) is 19.3 Å². The van der Waals surface area contributed by atoms with Gasteiger partial charge in [-0.05, 0) is 50.8 Å². The molecule has 3 rings (SSSR count). The van der Waals surface area contributed by atoms with Gasteiger partial charge in [-0.3, -0.25) is 14.4 Å². The molecule has 7 nitrogen and oxygen atoms in total. The van der Waals surface area contributed by atoms with E-state index in [-0.39, 0.29) is 17.4 Å². The number of hydrogen-bond acceptors (Lipinski definition) is 4. The van der Waals surface area contributed by atoms with Gasteiger partial charge in [-0.15, -0.1) is 0 Å². The standard InChI is InChI=1S/C23H29N3O4/c1-2-30-20-12-4-3-10-18(20)23(29)26-17-9-11-19(26)22(28)24-14-6-8-16-25-15-7-5-13-21(25)27/h3-5,7,10,12-13,15,19H,2,6,8-9,11,14,16-17H2,1H3,(H,24,28). The van der Waals surface area contributed by atoms with Gasteiger partial charge in [0.25, 0.3) is 5.91 Å². The monoisotopic (exact) mass is 411 g/mol. The van der Waals surface area contributed by atoms with Crippen LogP contribution >= 0.6 is 0 Å². The van der Waals surface area contributed by atoms with Crippen LogP contribution in [0.15, 0.2) is 53.5 Å². The number of pyridine rings is 1. The van der Waals surface area contributed by atoms with Gasteiger partial charge in [-0.25, -0.2) is 0 Å². The zero-order valence-corrected chi connectivity index (χ0v) is 17.4. The summed E-state index contributed by atoms with van der Waals surface area (Å²) in [6.07, 6.45) is 4.79. The number of aryl methyl sites for hydroxylation is 1. The predicted octanol–water partition coefficient (Wildman–Crippen LogP) is 2.45. The van der Waals surface area contributed by atoms with Crippen LogP contribution in [0, 0.1) is 0 Å². The molecule has 1 saturated heterocycles. The lowest BCUT2D eigenvalue weighted by molar-refractivity contribution is -0.124. The van der Waals surface area contributed by atoms with Crippen LogP contribution in [0.4, 0.5) is 0 Å². The molecule has 0 bridgehead atoms. The molecule has 160 valence electrons. The Bertz CT molecular complexity index is 924. The average Bonchev–Trinajstić information content (AvgIpc) is 3.25. The maximum absolute atomic E-state index is 13.1. The molecule has 1 aromatic heterocycles. The van der Waals surface area contributed by atoms with Crippen LogP contribution < -0.4 is 15.6 Å². The SMILES string of the molecule is CCOc1ccccc1C(=O)N1CCCC1C(=O)NCCCCn1ccccc1=O. The number of para-hydroxylation sites is 1. The van der Waals surface area contributed by atoms with Crippen molar-refractivity contribution >= 4 is 11.8 Å². The van der Waals surface area contributed by atoms with Gasteiger partial charge in [0, 0.05) is 31.9 Å². The lowest BCUT2D eigenvalue weighted by atomic mass is 10.1. The molecule has 2 amide bonds. The number of nitrogens with one attached hydrogen (secondary N) is 1. The van der Waals surface area contributed by atoms with Gasteiger partial charge in [-0.1, -0.05) is 18.2 Å². The summed E-state index contributed by atoms with van der Waals surface area (Å²) in [6, 6.07) is 11.8. The Hall–Kier alpha value is -3.09. The Morgan fingerprint density at radius 1 is 1.13 bits per heavy atom. The van der Waals surface area contributed by atoms with E-state index in [0.29, 0.717) is 44.0 Å². The van der Waals surface area contributed by atoms with Crippen LogP contribution in [0.1, 0.15) is 43.0 Å². The minimum absolute atomic E-state index is 0.0195. The number of carbonyl (C=O) groups is 2. The molecule has 1 atom stereocenters. The number of aromatic nitrogens is 1. The fraction of sp³-hybridized carbons (Fsp3) is 0.435. The van der Waals surface area contributed by atoms with Crippen molar-refractivity contribution in [2.45, 2.75) is 45.2 Å². The van der Waals surface area contributed by atoms with Crippen LogP contribution in [0.5, 0.6) is 5.75 Å². The van der Waals surface area contributed by atoms with Gasteiger partial charge in [0.05, 0.1) is 12.2 Å². The van der Waals surface area contributed by atoms with Crippen molar-refractivity contribution in [1.29, 1.82) is 0 Å². The van der Waals surface area contributed by atoms with E-state index >= 15 is 0 Å². The smallest absolute Gasteiger partial charge is 0.258 e. The molecule has 2 heterocycles. The van der Waals surface area contributed by atoms with E-state index in [9.17, 15) is 14.4 Å². The lowest BCUT2D eigenvalue weighted by Gasteiger charge is -2.25. The van der Waals surface area contributed by atoms with Gasteiger partial charge >= 0.3 is 0 Å².